The third-order valence-corrected chi connectivity index (χ3v) is 6.50. The van der Waals surface area contributed by atoms with Crippen LogP contribution in [0, 0.1) is 0 Å². The van der Waals surface area contributed by atoms with Gasteiger partial charge in [0.2, 0.25) is 0 Å². The van der Waals surface area contributed by atoms with Crippen LogP contribution in [-0.2, 0) is 4.74 Å². The van der Waals surface area contributed by atoms with Gasteiger partial charge in [-0.25, -0.2) is 4.79 Å². The van der Waals surface area contributed by atoms with E-state index in [1.807, 2.05) is 18.2 Å². The number of hydrogen-bond acceptors (Lipinski definition) is 3. The summed E-state index contributed by atoms with van der Waals surface area (Å²) in [6, 6.07) is 10.3. The number of ether oxygens (including phenoxy) is 1. The molecule has 26 heavy (non-hydrogen) atoms. The molecule has 1 saturated carbocycles. The zero-order chi connectivity index (χ0) is 18.1. The summed E-state index contributed by atoms with van der Waals surface area (Å²) in [5.74, 6) is 0.275. The molecule has 0 radical (unpaired) electrons. The quantitative estimate of drug-likeness (QED) is 0.546. The van der Waals surface area contributed by atoms with E-state index in [4.69, 9.17) is 4.74 Å². The molecule has 1 N–H and O–H groups in total. The monoisotopic (exact) mass is 365 g/mol. The molecule has 1 aliphatic carbocycles. The van der Waals surface area contributed by atoms with Gasteiger partial charge in [-0.05, 0) is 36.0 Å². The average molecular weight is 365 g/mol. The van der Waals surface area contributed by atoms with Gasteiger partial charge in [0.25, 0.3) is 0 Å². The Hall–Kier alpha value is -2.33. The van der Waals surface area contributed by atoms with Crippen molar-refractivity contribution in [3.8, 4) is 11.3 Å². The van der Waals surface area contributed by atoms with Crippen molar-refractivity contribution in [3.05, 3.63) is 52.9 Å². The third-order valence-electron chi connectivity index (χ3n) is 5.36. The second-order valence-electron chi connectivity index (χ2n) is 6.89. The van der Waals surface area contributed by atoms with Crippen LogP contribution in [0.2, 0.25) is 0 Å². The number of nitrogens with one attached hydrogen (secondary N) is 1. The number of fused-ring (bicyclic) bond motifs is 1. The van der Waals surface area contributed by atoms with Gasteiger partial charge in [-0.1, -0.05) is 56.2 Å². The number of aromatic amines is 1. The van der Waals surface area contributed by atoms with E-state index >= 15 is 0 Å². The summed E-state index contributed by atoms with van der Waals surface area (Å²) in [5, 5.41) is 0. The Morgan fingerprint density at radius 3 is 2.77 bits per heavy atom. The number of esters is 1. The normalized spacial score (nSPS) is 15.3. The highest BCUT2D eigenvalue weighted by molar-refractivity contribution is 7.21. The Labute approximate surface area is 157 Å². The molecule has 1 aliphatic rings. The first-order valence-corrected chi connectivity index (χ1v) is 10.00. The summed E-state index contributed by atoms with van der Waals surface area (Å²) in [7, 11) is 1.43. The fourth-order valence-electron chi connectivity index (χ4n) is 4.10. The molecular weight excluding hydrogens is 342 g/mol. The van der Waals surface area contributed by atoms with Gasteiger partial charge in [-0.15, -0.1) is 11.3 Å². The van der Waals surface area contributed by atoms with E-state index in [2.05, 4.69) is 29.8 Å². The maximum Gasteiger partial charge on any atom is 0.348 e. The molecule has 4 heteroatoms. The molecule has 1 aromatic carbocycles. The van der Waals surface area contributed by atoms with E-state index < -0.39 is 0 Å². The molecule has 0 spiro atoms. The number of benzene rings is 1. The fraction of sp³-hybridized carbons (Fsp3) is 0.318. The van der Waals surface area contributed by atoms with Gasteiger partial charge in [0, 0.05) is 5.56 Å². The number of thiophene rings is 1. The van der Waals surface area contributed by atoms with Gasteiger partial charge in [-0.3, -0.25) is 0 Å². The van der Waals surface area contributed by atoms with E-state index in [0.717, 1.165) is 11.1 Å². The summed E-state index contributed by atoms with van der Waals surface area (Å²) < 4.78 is 6.12. The van der Waals surface area contributed by atoms with Crippen molar-refractivity contribution in [2.75, 3.05) is 7.11 Å². The molecule has 3 aromatic rings. The van der Waals surface area contributed by atoms with E-state index in [1.165, 1.54) is 60.7 Å². The lowest BCUT2D eigenvalue weighted by molar-refractivity contribution is 0.0606. The Kier molecular flexibility index (Phi) is 4.68. The van der Waals surface area contributed by atoms with Gasteiger partial charge >= 0.3 is 5.97 Å². The van der Waals surface area contributed by atoms with Crippen molar-refractivity contribution in [1.29, 1.82) is 0 Å². The highest BCUT2D eigenvalue weighted by Gasteiger charge is 2.26. The molecule has 134 valence electrons. The van der Waals surface area contributed by atoms with E-state index in [0.29, 0.717) is 10.8 Å². The van der Waals surface area contributed by atoms with Crippen LogP contribution >= 0.6 is 11.3 Å². The molecule has 1 fully saturated rings. The summed E-state index contributed by atoms with van der Waals surface area (Å²) in [6.07, 6.45) is 8.20. The van der Waals surface area contributed by atoms with Crippen molar-refractivity contribution in [3.63, 3.8) is 0 Å². The minimum Gasteiger partial charge on any atom is -0.465 e. The number of hydrogen-bond donors (Lipinski definition) is 1. The molecule has 0 atom stereocenters. The summed E-state index contributed by atoms with van der Waals surface area (Å²) in [4.78, 5) is 16.3. The number of carbonyl (C=O) groups excluding carboxylic acids is 1. The van der Waals surface area contributed by atoms with Gasteiger partial charge < -0.3 is 9.72 Å². The van der Waals surface area contributed by atoms with Crippen molar-refractivity contribution in [2.24, 2.45) is 0 Å². The second kappa shape index (κ2) is 7.12. The Bertz CT molecular complexity index is 960. The maximum atomic E-state index is 12.0. The molecule has 0 aliphatic heterocycles. The number of aromatic nitrogens is 1. The average Bonchev–Trinajstić information content (AvgIpc) is 3.25. The lowest BCUT2D eigenvalue weighted by atomic mass is 9.82. The standard InChI is InChI=1S/C22H23NO2S/c1-3-14-9-7-8-12-16(14)20-19(15-10-5-4-6-11-15)21-17(23-20)13-18(26-21)22(24)25-2/h3,7-9,12-13,15,23H,1,4-6,10-11H2,2H3. The van der Waals surface area contributed by atoms with Crippen LogP contribution in [0.25, 0.3) is 27.6 Å². The first-order chi connectivity index (χ1) is 12.7. The van der Waals surface area contributed by atoms with Crippen LogP contribution in [0.5, 0.6) is 0 Å². The highest BCUT2D eigenvalue weighted by atomic mass is 32.1. The topological polar surface area (TPSA) is 42.1 Å². The molecule has 0 unspecified atom stereocenters. The predicted octanol–water partition coefficient (Wildman–Crippen LogP) is 6.37. The molecule has 0 saturated heterocycles. The van der Waals surface area contributed by atoms with Crippen LogP contribution < -0.4 is 0 Å². The minimum atomic E-state index is -0.262. The van der Waals surface area contributed by atoms with Crippen LogP contribution in [-0.4, -0.2) is 18.1 Å². The zero-order valence-electron chi connectivity index (χ0n) is 15.0. The van der Waals surface area contributed by atoms with Crippen molar-refractivity contribution >= 4 is 33.6 Å². The summed E-state index contributed by atoms with van der Waals surface area (Å²) in [5.41, 5.74) is 5.90. The van der Waals surface area contributed by atoms with Gasteiger partial charge in [0.1, 0.15) is 4.88 Å². The van der Waals surface area contributed by atoms with E-state index in [9.17, 15) is 4.79 Å². The predicted molar refractivity (Wildman–Crippen MR) is 109 cm³/mol. The maximum absolute atomic E-state index is 12.0. The van der Waals surface area contributed by atoms with Crippen molar-refractivity contribution in [1.82, 2.24) is 4.98 Å². The minimum absolute atomic E-state index is 0.262. The molecule has 0 amide bonds. The summed E-state index contributed by atoms with van der Waals surface area (Å²) >= 11 is 1.55. The largest absolute Gasteiger partial charge is 0.465 e. The summed E-state index contributed by atoms with van der Waals surface area (Å²) in [6.45, 7) is 3.98. The fourth-order valence-corrected chi connectivity index (χ4v) is 5.26. The van der Waals surface area contributed by atoms with Gasteiger partial charge in [0.15, 0.2) is 0 Å². The number of rotatable bonds is 4. The Morgan fingerprint density at radius 2 is 2.04 bits per heavy atom. The smallest absolute Gasteiger partial charge is 0.348 e. The Balaban J connectivity index is 1.92. The van der Waals surface area contributed by atoms with Crippen LogP contribution in [0.4, 0.5) is 0 Å². The highest BCUT2D eigenvalue weighted by Crippen LogP contribution is 2.45. The lowest BCUT2D eigenvalue weighted by Crippen LogP contribution is -2.05. The molecular formula is C22H23NO2S. The first-order valence-electron chi connectivity index (χ1n) is 9.18. The zero-order valence-corrected chi connectivity index (χ0v) is 15.8. The molecule has 4 rings (SSSR count). The molecule has 2 heterocycles. The van der Waals surface area contributed by atoms with Gasteiger partial charge in [0.05, 0.1) is 23.0 Å². The Morgan fingerprint density at radius 1 is 1.27 bits per heavy atom. The third kappa shape index (κ3) is 2.88. The van der Waals surface area contributed by atoms with Crippen LogP contribution in [0.15, 0.2) is 36.9 Å². The second-order valence-corrected chi connectivity index (χ2v) is 7.94. The molecule has 2 aromatic heterocycles. The molecule has 3 nitrogen and oxygen atoms in total. The number of carbonyl (C=O) groups is 1. The number of H-pyrrole nitrogens is 1. The van der Waals surface area contributed by atoms with E-state index in [-0.39, 0.29) is 5.97 Å². The SMILES string of the molecule is C=Cc1ccccc1-c1[nH]c2cc(C(=O)OC)sc2c1C1CCCCC1. The first kappa shape index (κ1) is 17.1. The van der Waals surface area contributed by atoms with E-state index in [1.54, 1.807) is 11.3 Å². The van der Waals surface area contributed by atoms with Crippen LogP contribution in [0.3, 0.4) is 0 Å². The van der Waals surface area contributed by atoms with Crippen molar-refractivity contribution in [2.45, 2.75) is 38.0 Å². The molecule has 0 bridgehead atoms. The van der Waals surface area contributed by atoms with Crippen LogP contribution in [0.1, 0.15) is 58.8 Å². The number of methoxy groups -OCH3 is 1. The lowest BCUT2D eigenvalue weighted by Gasteiger charge is -2.23. The van der Waals surface area contributed by atoms with Crippen molar-refractivity contribution < 1.29 is 9.53 Å². The van der Waals surface area contributed by atoms with Gasteiger partial charge in [-0.2, -0.15) is 0 Å².